The monoisotopic (exact) mass is 424 g/mol. The number of aromatic nitrogens is 2. The summed E-state index contributed by atoms with van der Waals surface area (Å²) in [5, 5.41) is 4.36. The van der Waals surface area contributed by atoms with Gasteiger partial charge in [-0.25, -0.2) is 9.07 Å². The molecule has 1 atom stereocenters. The molecule has 0 bridgehead atoms. The molecular formula is C16H27Br2FN2. The summed E-state index contributed by atoms with van der Waals surface area (Å²) in [4.78, 5) is 0. The summed E-state index contributed by atoms with van der Waals surface area (Å²) < 4.78 is 16.5. The Balaban J connectivity index is 2.79. The van der Waals surface area contributed by atoms with Crippen LogP contribution in [0.2, 0.25) is 0 Å². The Labute approximate surface area is 145 Å². The zero-order valence-electron chi connectivity index (χ0n) is 13.4. The molecule has 0 aliphatic rings. The zero-order valence-corrected chi connectivity index (χ0v) is 16.6. The minimum absolute atomic E-state index is 0.117. The molecule has 1 heterocycles. The first-order valence-electron chi connectivity index (χ1n) is 8.06. The fourth-order valence-electron chi connectivity index (χ4n) is 2.72. The van der Waals surface area contributed by atoms with E-state index >= 15 is 0 Å². The van der Waals surface area contributed by atoms with Crippen LogP contribution in [0.3, 0.4) is 0 Å². The predicted molar refractivity (Wildman–Crippen MR) is 94.1 cm³/mol. The van der Waals surface area contributed by atoms with E-state index in [9.17, 15) is 4.39 Å². The Kier molecular flexibility index (Phi) is 8.47. The van der Waals surface area contributed by atoms with Crippen LogP contribution in [-0.2, 0) is 5.54 Å². The number of hydrogen-bond donors (Lipinski definition) is 0. The number of unbranched alkanes of at least 4 members (excludes halogenated alkanes) is 5. The van der Waals surface area contributed by atoms with Gasteiger partial charge in [0.1, 0.15) is 4.60 Å². The molecule has 5 heteroatoms. The second-order valence-electron chi connectivity index (χ2n) is 6.07. The van der Waals surface area contributed by atoms with Crippen molar-refractivity contribution < 1.29 is 4.39 Å². The molecule has 1 unspecified atom stereocenters. The topological polar surface area (TPSA) is 17.8 Å². The molecule has 1 rings (SSSR count). The van der Waals surface area contributed by atoms with Gasteiger partial charge in [-0.05, 0) is 51.6 Å². The van der Waals surface area contributed by atoms with E-state index in [4.69, 9.17) is 0 Å². The SMILES string of the molecule is CCCCCCCC(C)(CCCC)n1nc(Br)c(F)c1Br. The predicted octanol–water partition coefficient (Wildman–Crippen LogP) is 6.81. The number of nitrogens with zero attached hydrogens (tertiary/aromatic N) is 2. The van der Waals surface area contributed by atoms with E-state index in [1.165, 1.54) is 32.1 Å². The van der Waals surface area contributed by atoms with Gasteiger partial charge in [0, 0.05) is 0 Å². The highest BCUT2D eigenvalue weighted by atomic mass is 79.9. The van der Waals surface area contributed by atoms with E-state index in [2.05, 4.69) is 57.7 Å². The summed E-state index contributed by atoms with van der Waals surface area (Å²) in [6.45, 7) is 6.62. The molecule has 1 aromatic rings. The lowest BCUT2D eigenvalue weighted by atomic mass is 9.88. The Bertz CT molecular complexity index is 434. The number of halogens is 3. The van der Waals surface area contributed by atoms with Crippen molar-refractivity contribution in [1.29, 1.82) is 0 Å². The lowest BCUT2D eigenvalue weighted by Crippen LogP contribution is -2.31. The van der Waals surface area contributed by atoms with Gasteiger partial charge in [0.05, 0.1) is 5.54 Å². The maximum atomic E-state index is 13.9. The van der Waals surface area contributed by atoms with Gasteiger partial charge in [-0.2, -0.15) is 5.10 Å². The normalized spacial score (nSPS) is 14.4. The van der Waals surface area contributed by atoms with Crippen LogP contribution in [0.15, 0.2) is 9.21 Å². The van der Waals surface area contributed by atoms with Crippen LogP contribution in [0.5, 0.6) is 0 Å². The summed E-state index contributed by atoms with van der Waals surface area (Å²) in [5.41, 5.74) is -0.117. The van der Waals surface area contributed by atoms with Gasteiger partial charge in [-0.3, -0.25) is 0 Å². The van der Waals surface area contributed by atoms with Gasteiger partial charge in [0.25, 0.3) is 0 Å². The van der Waals surface area contributed by atoms with Crippen molar-refractivity contribution in [2.45, 2.75) is 84.1 Å². The fraction of sp³-hybridized carbons (Fsp3) is 0.812. The quantitative estimate of drug-likeness (QED) is 0.376. The van der Waals surface area contributed by atoms with Crippen LogP contribution in [-0.4, -0.2) is 9.78 Å². The molecule has 122 valence electrons. The van der Waals surface area contributed by atoms with E-state index in [1.54, 1.807) is 0 Å². The summed E-state index contributed by atoms with van der Waals surface area (Å²) in [6, 6.07) is 0. The van der Waals surface area contributed by atoms with Gasteiger partial charge in [-0.1, -0.05) is 58.8 Å². The second-order valence-corrected chi connectivity index (χ2v) is 7.57. The Morgan fingerprint density at radius 2 is 1.57 bits per heavy atom. The van der Waals surface area contributed by atoms with Crippen molar-refractivity contribution >= 4 is 31.9 Å². The maximum Gasteiger partial charge on any atom is 0.190 e. The molecule has 21 heavy (non-hydrogen) atoms. The molecule has 0 aliphatic carbocycles. The highest BCUT2D eigenvalue weighted by Crippen LogP contribution is 2.35. The third-order valence-corrected chi connectivity index (χ3v) is 5.33. The van der Waals surface area contributed by atoms with E-state index in [1.807, 2.05) is 4.68 Å². The Hall–Kier alpha value is 0.1000. The number of hydrogen-bond acceptors (Lipinski definition) is 1. The van der Waals surface area contributed by atoms with Crippen molar-refractivity contribution in [3.05, 3.63) is 15.0 Å². The molecule has 0 amide bonds. The molecule has 0 aliphatic heterocycles. The molecule has 0 spiro atoms. The molecule has 0 aromatic carbocycles. The van der Waals surface area contributed by atoms with Crippen LogP contribution in [0.4, 0.5) is 4.39 Å². The maximum absolute atomic E-state index is 13.9. The molecular weight excluding hydrogens is 399 g/mol. The molecule has 1 aromatic heterocycles. The second kappa shape index (κ2) is 9.29. The lowest BCUT2D eigenvalue weighted by molar-refractivity contribution is 0.223. The van der Waals surface area contributed by atoms with Crippen LogP contribution < -0.4 is 0 Å². The van der Waals surface area contributed by atoms with Crippen molar-refractivity contribution in [3.63, 3.8) is 0 Å². The summed E-state index contributed by atoms with van der Waals surface area (Å²) in [7, 11) is 0. The first-order chi connectivity index (χ1) is 9.96. The van der Waals surface area contributed by atoms with Crippen LogP contribution in [0.25, 0.3) is 0 Å². The molecule has 0 radical (unpaired) electrons. The van der Waals surface area contributed by atoms with Crippen molar-refractivity contribution in [1.82, 2.24) is 9.78 Å². The van der Waals surface area contributed by atoms with Gasteiger partial charge in [0.2, 0.25) is 0 Å². The van der Waals surface area contributed by atoms with E-state index < -0.39 is 0 Å². The minimum Gasteiger partial charge on any atom is -0.248 e. The first kappa shape index (κ1) is 19.1. The van der Waals surface area contributed by atoms with Crippen LogP contribution in [0, 0.1) is 5.82 Å². The standard InChI is InChI=1S/C16H27Br2FN2/c1-4-6-8-9-10-12-16(3,11-7-5-2)21-15(18)13(19)14(17)20-21/h4-12H2,1-3H3. The highest BCUT2D eigenvalue weighted by molar-refractivity contribution is 9.11. The first-order valence-corrected chi connectivity index (χ1v) is 9.65. The number of rotatable bonds is 10. The largest absolute Gasteiger partial charge is 0.248 e. The van der Waals surface area contributed by atoms with Crippen LogP contribution >= 0.6 is 31.9 Å². The van der Waals surface area contributed by atoms with Crippen molar-refractivity contribution in [3.8, 4) is 0 Å². The minimum atomic E-state index is -0.302. The Morgan fingerprint density at radius 3 is 2.10 bits per heavy atom. The average molecular weight is 426 g/mol. The summed E-state index contributed by atoms with van der Waals surface area (Å²) >= 11 is 6.55. The van der Waals surface area contributed by atoms with E-state index in [-0.39, 0.29) is 11.4 Å². The molecule has 0 saturated heterocycles. The Morgan fingerprint density at radius 1 is 1.00 bits per heavy atom. The van der Waals surface area contributed by atoms with Gasteiger partial charge < -0.3 is 0 Å². The summed E-state index contributed by atoms with van der Waals surface area (Å²) in [6.07, 6.45) is 10.6. The molecule has 2 nitrogen and oxygen atoms in total. The molecule has 0 saturated carbocycles. The highest BCUT2D eigenvalue weighted by Gasteiger charge is 2.30. The van der Waals surface area contributed by atoms with E-state index in [0.717, 1.165) is 25.7 Å². The summed E-state index contributed by atoms with van der Waals surface area (Å²) in [5.74, 6) is -0.302. The van der Waals surface area contributed by atoms with Crippen LogP contribution in [0.1, 0.15) is 78.6 Å². The molecule has 0 N–H and O–H groups in total. The van der Waals surface area contributed by atoms with Crippen molar-refractivity contribution in [2.24, 2.45) is 0 Å². The van der Waals surface area contributed by atoms with Crippen molar-refractivity contribution in [2.75, 3.05) is 0 Å². The molecule has 0 fully saturated rings. The lowest BCUT2D eigenvalue weighted by Gasteiger charge is -2.31. The zero-order chi connectivity index (χ0) is 15.9. The van der Waals surface area contributed by atoms with Gasteiger partial charge >= 0.3 is 0 Å². The van der Waals surface area contributed by atoms with Gasteiger partial charge in [-0.15, -0.1) is 0 Å². The third-order valence-electron chi connectivity index (χ3n) is 4.14. The smallest absolute Gasteiger partial charge is 0.190 e. The van der Waals surface area contributed by atoms with E-state index in [0.29, 0.717) is 9.21 Å². The fourth-order valence-corrected chi connectivity index (χ4v) is 4.02. The average Bonchev–Trinajstić information content (AvgIpc) is 2.73. The van der Waals surface area contributed by atoms with Gasteiger partial charge in [0.15, 0.2) is 10.4 Å². The third kappa shape index (κ3) is 5.34.